The van der Waals surface area contributed by atoms with Crippen molar-refractivity contribution in [3.8, 4) is 11.5 Å². The number of aliphatic hydroxyl groups excluding tert-OH is 1. The number of hydrogen-bond acceptors (Lipinski definition) is 5. The number of allylic oxidation sites excluding steroid dienone is 2. The smallest absolute Gasteiger partial charge is 0.331 e. The van der Waals surface area contributed by atoms with Gasteiger partial charge in [-0.15, -0.1) is 0 Å². The molecule has 0 unspecified atom stereocenters. The average molecular weight is 415 g/mol. The molecule has 30 heavy (non-hydrogen) atoms. The Morgan fingerprint density at radius 3 is 2.63 bits per heavy atom. The van der Waals surface area contributed by atoms with Crippen LogP contribution in [0.15, 0.2) is 47.6 Å². The Morgan fingerprint density at radius 1 is 1.23 bits per heavy atom. The number of carbonyl (C=O) groups excluding carboxylic acids is 1. The van der Waals surface area contributed by atoms with Crippen LogP contribution in [0, 0.1) is 11.8 Å². The van der Waals surface area contributed by atoms with E-state index < -0.39 is 18.2 Å². The number of carbonyl (C=O) groups is 1. The highest BCUT2D eigenvalue weighted by Crippen LogP contribution is 2.30. The topological polar surface area (TPSA) is 76.0 Å². The molecule has 0 amide bonds. The molecule has 0 aromatic heterocycles. The first-order valence-corrected chi connectivity index (χ1v) is 10.5. The Bertz CT molecular complexity index is 819. The predicted molar refractivity (Wildman–Crippen MR) is 119 cm³/mol. The number of ether oxygens (including phenoxy) is 2. The number of phenols is 1. The number of aromatic hydroxyl groups is 1. The fourth-order valence-corrected chi connectivity index (χ4v) is 3.88. The zero-order chi connectivity index (χ0) is 22.3. The van der Waals surface area contributed by atoms with Gasteiger partial charge in [0.1, 0.15) is 6.10 Å². The molecule has 0 radical (unpaired) electrons. The lowest BCUT2D eigenvalue weighted by Crippen LogP contribution is -2.38. The van der Waals surface area contributed by atoms with Gasteiger partial charge in [0.05, 0.1) is 13.2 Å². The van der Waals surface area contributed by atoms with Gasteiger partial charge in [-0.3, -0.25) is 0 Å². The summed E-state index contributed by atoms with van der Waals surface area (Å²) in [4.78, 5) is 12.6. The number of methoxy groups -OCH3 is 1. The van der Waals surface area contributed by atoms with E-state index in [1.165, 1.54) is 19.3 Å². The van der Waals surface area contributed by atoms with Crippen molar-refractivity contribution in [2.24, 2.45) is 11.8 Å². The van der Waals surface area contributed by atoms with E-state index in [4.69, 9.17) is 9.47 Å². The molecular weight excluding hydrogens is 380 g/mol. The summed E-state index contributed by atoms with van der Waals surface area (Å²) in [5.74, 6) is -0.149. The maximum Gasteiger partial charge on any atom is 0.331 e. The van der Waals surface area contributed by atoms with Crippen LogP contribution in [0.25, 0.3) is 6.08 Å². The monoisotopic (exact) mass is 414 g/mol. The van der Waals surface area contributed by atoms with Gasteiger partial charge in [-0.25, -0.2) is 4.79 Å². The van der Waals surface area contributed by atoms with E-state index in [0.717, 1.165) is 24.0 Å². The minimum Gasteiger partial charge on any atom is -0.504 e. The van der Waals surface area contributed by atoms with Crippen LogP contribution in [0.2, 0.25) is 0 Å². The molecule has 164 valence electrons. The van der Waals surface area contributed by atoms with Gasteiger partial charge < -0.3 is 19.7 Å². The normalized spacial score (nSPS) is 23.1. The standard InChI is InChI=1S/C25H34O5/c1-16(2)25-21(27)13-17(3)7-6-8-18(4)14-23(25)30-24(28)12-10-19-9-11-20(26)22(15-19)29-5/h8-13,15-16,21,23,25-27H,6-7,14H2,1-5H3/t21-,23-,25-/m0/s1. The van der Waals surface area contributed by atoms with Crippen LogP contribution in [-0.2, 0) is 9.53 Å². The molecule has 5 nitrogen and oxygen atoms in total. The van der Waals surface area contributed by atoms with Gasteiger partial charge in [-0.05, 0) is 56.4 Å². The summed E-state index contributed by atoms with van der Waals surface area (Å²) in [7, 11) is 1.47. The Kier molecular flexibility index (Phi) is 8.72. The number of esters is 1. The van der Waals surface area contributed by atoms with Gasteiger partial charge in [-0.2, -0.15) is 0 Å². The van der Waals surface area contributed by atoms with Crippen molar-refractivity contribution < 1.29 is 24.5 Å². The van der Waals surface area contributed by atoms with Crippen LogP contribution in [0.4, 0.5) is 0 Å². The third-order valence-corrected chi connectivity index (χ3v) is 5.49. The fourth-order valence-electron chi connectivity index (χ4n) is 3.88. The Hall–Kier alpha value is -2.53. The van der Waals surface area contributed by atoms with Crippen LogP contribution in [0.3, 0.4) is 0 Å². The predicted octanol–water partition coefficient (Wildman–Crippen LogP) is 5.04. The molecule has 1 aromatic rings. The minimum absolute atomic E-state index is 0.0399. The Morgan fingerprint density at radius 2 is 1.97 bits per heavy atom. The van der Waals surface area contributed by atoms with Crippen LogP contribution < -0.4 is 4.74 Å². The highest BCUT2D eigenvalue weighted by Gasteiger charge is 2.33. The van der Waals surface area contributed by atoms with E-state index in [2.05, 4.69) is 6.08 Å². The summed E-state index contributed by atoms with van der Waals surface area (Å²) in [5.41, 5.74) is 3.01. The molecule has 3 atom stereocenters. The van der Waals surface area contributed by atoms with E-state index in [1.807, 2.05) is 33.8 Å². The quantitative estimate of drug-likeness (QED) is 0.401. The molecule has 0 spiro atoms. The van der Waals surface area contributed by atoms with E-state index in [-0.39, 0.29) is 17.6 Å². The zero-order valence-corrected chi connectivity index (χ0v) is 18.6. The van der Waals surface area contributed by atoms with Gasteiger partial charge >= 0.3 is 5.97 Å². The fraction of sp³-hybridized carbons (Fsp3) is 0.480. The molecule has 2 rings (SSSR count). The van der Waals surface area contributed by atoms with Gasteiger partial charge in [0.25, 0.3) is 0 Å². The maximum absolute atomic E-state index is 12.6. The summed E-state index contributed by atoms with van der Waals surface area (Å²) >= 11 is 0. The molecule has 1 aromatic carbocycles. The lowest BCUT2D eigenvalue weighted by Gasteiger charge is -2.33. The Labute approximate surface area is 179 Å². The van der Waals surface area contributed by atoms with Crippen LogP contribution in [0.1, 0.15) is 52.5 Å². The molecule has 0 saturated carbocycles. The zero-order valence-electron chi connectivity index (χ0n) is 18.6. The lowest BCUT2D eigenvalue weighted by molar-refractivity contribution is -0.148. The molecule has 2 N–H and O–H groups in total. The van der Waals surface area contributed by atoms with Crippen LogP contribution in [0.5, 0.6) is 11.5 Å². The molecule has 0 fully saturated rings. The summed E-state index contributed by atoms with van der Waals surface area (Å²) in [6, 6.07) is 4.84. The third-order valence-electron chi connectivity index (χ3n) is 5.49. The largest absolute Gasteiger partial charge is 0.504 e. The maximum atomic E-state index is 12.6. The molecule has 0 bridgehead atoms. The van der Waals surface area contributed by atoms with Gasteiger partial charge in [0, 0.05) is 18.4 Å². The number of phenolic OH excluding ortho intramolecular Hbond substituents is 1. The molecule has 0 saturated heterocycles. The number of rotatable bonds is 5. The Balaban J connectivity index is 2.22. The van der Waals surface area contributed by atoms with Crippen molar-refractivity contribution in [2.75, 3.05) is 7.11 Å². The van der Waals surface area contributed by atoms with Crippen molar-refractivity contribution in [1.29, 1.82) is 0 Å². The first-order valence-electron chi connectivity index (χ1n) is 10.5. The van der Waals surface area contributed by atoms with Crippen molar-refractivity contribution >= 4 is 12.0 Å². The van der Waals surface area contributed by atoms with Gasteiger partial charge in [-0.1, -0.05) is 43.2 Å². The number of hydrogen-bond donors (Lipinski definition) is 2. The molecule has 0 heterocycles. The lowest BCUT2D eigenvalue weighted by atomic mass is 9.81. The average Bonchev–Trinajstić information content (AvgIpc) is 2.66. The van der Waals surface area contributed by atoms with Gasteiger partial charge in [0.2, 0.25) is 0 Å². The second-order valence-corrected chi connectivity index (χ2v) is 8.36. The second kappa shape index (κ2) is 11.0. The first kappa shape index (κ1) is 23.7. The van der Waals surface area contributed by atoms with E-state index in [0.29, 0.717) is 17.7 Å². The van der Waals surface area contributed by atoms with Crippen molar-refractivity contribution in [1.82, 2.24) is 0 Å². The summed E-state index contributed by atoms with van der Waals surface area (Å²) in [6.07, 6.45) is 8.42. The summed E-state index contributed by atoms with van der Waals surface area (Å²) in [6.45, 7) is 8.16. The van der Waals surface area contributed by atoms with E-state index >= 15 is 0 Å². The minimum atomic E-state index is -0.668. The highest BCUT2D eigenvalue weighted by atomic mass is 16.5. The molecule has 1 aliphatic rings. The second-order valence-electron chi connectivity index (χ2n) is 8.36. The van der Waals surface area contributed by atoms with Crippen LogP contribution in [-0.4, -0.2) is 35.5 Å². The molecular formula is C25H34O5. The van der Waals surface area contributed by atoms with Crippen molar-refractivity contribution in [3.05, 3.63) is 53.1 Å². The van der Waals surface area contributed by atoms with E-state index in [1.54, 1.807) is 18.2 Å². The van der Waals surface area contributed by atoms with Crippen molar-refractivity contribution in [3.63, 3.8) is 0 Å². The molecule has 5 heteroatoms. The van der Waals surface area contributed by atoms with Gasteiger partial charge in [0.15, 0.2) is 11.5 Å². The first-order chi connectivity index (χ1) is 14.2. The summed E-state index contributed by atoms with van der Waals surface area (Å²) in [5, 5.41) is 20.5. The molecule has 0 aliphatic heterocycles. The summed E-state index contributed by atoms with van der Waals surface area (Å²) < 4.78 is 10.9. The SMILES string of the molecule is COc1cc(C=CC(=O)O[C@H]2CC(C)=CCCC(C)=C[C@H](O)[C@@H]2C(C)C)ccc1O. The van der Waals surface area contributed by atoms with Crippen molar-refractivity contribution in [2.45, 2.75) is 59.2 Å². The molecule has 1 aliphatic carbocycles. The van der Waals surface area contributed by atoms with E-state index in [9.17, 15) is 15.0 Å². The number of aliphatic hydroxyl groups is 1. The van der Waals surface area contributed by atoms with Crippen LogP contribution >= 0.6 is 0 Å². The number of benzene rings is 1. The third kappa shape index (κ3) is 6.77. The highest BCUT2D eigenvalue weighted by molar-refractivity contribution is 5.87.